The monoisotopic (exact) mass is 432 g/mol. The van der Waals surface area contributed by atoms with Crippen molar-refractivity contribution in [3.63, 3.8) is 0 Å². The molecular weight excluding hydrogens is 408 g/mol. The van der Waals surface area contributed by atoms with E-state index in [9.17, 15) is 9.59 Å². The first-order valence-corrected chi connectivity index (χ1v) is 11.2. The number of carbonyl (C=O) groups excluding carboxylic acids is 2. The van der Waals surface area contributed by atoms with Gasteiger partial charge in [0, 0.05) is 17.8 Å². The molecule has 5 nitrogen and oxygen atoms in total. The quantitative estimate of drug-likeness (QED) is 0.568. The number of rotatable bonds is 7. The molecule has 4 rings (SSSR count). The number of hydrogen-bond acceptors (Lipinski definition) is 4. The predicted molar refractivity (Wildman–Crippen MR) is 126 cm³/mol. The summed E-state index contributed by atoms with van der Waals surface area (Å²) in [5, 5.41) is 2.85. The largest absolute Gasteiger partial charge is 0.497 e. The summed E-state index contributed by atoms with van der Waals surface area (Å²) in [6, 6.07) is 25.2. The first kappa shape index (κ1) is 21.0. The van der Waals surface area contributed by atoms with Crippen molar-refractivity contribution in [1.29, 1.82) is 0 Å². The van der Waals surface area contributed by atoms with E-state index in [1.54, 1.807) is 23.8 Å². The minimum atomic E-state index is -0.137. The van der Waals surface area contributed by atoms with E-state index in [4.69, 9.17) is 4.74 Å². The summed E-state index contributed by atoms with van der Waals surface area (Å²) in [5.74, 6) is 1.21. The van der Waals surface area contributed by atoms with E-state index in [0.29, 0.717) is 18.6 Å². The van der Waals surface area contributed by atoms with Gasteiger partial charge in [-0.25, -0.2) is 0 Å². The van der Waals surface area contributed by atoms with Crippen molar-refractivity contribution in [2.24, 2.45) is 0 Å². The Hall–Kier alpha value is -3.25. The SMILES string of the molecule is COc1ccc(N2C(=O)CS[C@H]2c2cccc(NC(=O)CCc3ccccc3)c2)cc1. The first-order chi connectivity index (χ1) is 15.1. The van der Waals surface area contributed by atoms with Crippen LogP contribution in [0.1, 0.15) is 22.9 Å². The van der Waals surface area contributed by atoms with Crippen molar-refractivity contribution in [3.8, 4) is 5.75 Å². The molecule has 31 heavy (non-hydrogen) atoms. The molecule has 0 radical (unpaired) electrons. The molecule has 1 aliphatic rings. The van der Waals surface area contributed by atoms with E-state index >= 15 is 0 Å². The van der Waals surface area contributed by atoms with Crippen LogP contribution in [0.25, 0.3) is 0 Å². The lowest BCUT2D eigenvalue weighted by molar-refractivity contribution is -0.116. The highest BCUT2D eigenvalue weighted by Gasteiger charge is 2.34. The molecule has 3 aromatic carbocycles. The highest BCUT2D eigenvalue weighted by molar-refractivity contribution is 8.00. The van der Waals surface area contributed by atoms with Crippen LogP contribution in [0, 0.1) is 0 Å². The Morgan fingerprint density at radius 3 is 2.58 bits per heavy atom. The molecule has 158 valence electrons. The number of thioether (sulfide) groups is 1. The fraction of sp³-hybridized carbons (Fsp3) is 0.200. The number of amides is 2. The van der Waals surface area contributed by atoms with Gasteiger partial charge in [-0.1, -0.05) is 42.5 Å². The van der Waals surface area contributed by atoms with Crippen LogP contribution < -0.4 is 15.0 Å². The molecule has 1 aliphatic heterocycles. The van der Waals surface area contributed by atoms with Crippen molar-refractivity contribution in [3.05, 3.63) is 90.0 Å². The minimum Gasteiger partial charge on any atom is -0.497 e. The number of methoxy groups -OCH3 is 1. The van der Waals surface area contributed by atoms with Crippen LogP contribution >= 0.6 is 11.8 Å². The molecule has 0 aliphatic carbocycles. The maximum absolute atomic E-state index is 12.6. The third-order valence-corrected chi connectivity index (χ3v) is 6.37. The smallest absolute Gasteiger partial charge is 0.238 e. The zero-order valence-corrected chi connectivity index (χ0v) is 18.1. The second-order valence-corrected chi connectivity index (χ2v) is 8.35. The number of aryl methyl sites for hydroxylation is 1. The number of nitrogens with one attached hydrogen (secondary N) is 1. The summed E-state index contributed by atoms with van der Waals surface area (Å²) >= 11 is 1.58. The van der Waals surface area contributed by atoms with Crippen molar-refractivity contribution in [2.45, 2.75) is 18.2 Å². The number of benzene rings is 3. The molecule has 1 saturated heterocycles. The molecule has 2 amide bonds. The van der Waals surface area contributed by atoms with Gasteiger partial charge in [-0.15, -0.1) is 11.8 Å². The lowest BCUT2D eigenvalue weighted by Crippen LogP contribution is -2.27. The molecule has 3 aromatic rings. The summed E-state index contributed by atoms with van der Waals surface area (Å²) in [6.07, 6.45) is 1.12. The second-order valence-electron chi connectivity index (χ2n) is 7.28. The third-order valence-electron chi connectivity index (χ3n) is 5.16. The number of anilines is 2. The Balaban J connectivity index is 1.46. The summed E-state index contributed by atoms with van der Waals surface area (Å²) in [7, 11) is 1.62. The molecule has 1 atom stereocenters. The molecule has 1 fully saturated rings. The van der Waals surface area contributed by atoms with E-state index < -0.39 is 0 Å². The van der Waals surface area contributed by atoms with Gasteiger partial charge in [0.2, 0.25) is 11.8 Å². The number of ether oxygens (including phenoxy) is 1. The summed E-state index contributed by atoms with van der Waals surface area (Å²) in [4.78, 5) is 26.8. The topological polar surface area (TPSA) is 58.6 Å². The van der Waals surface area contributed by atoms with Crippen LogP contribution in [-0.4, -0.2) is 24.7 Å². The van der Waals surface area contributed by atoms with Crippen molar-refractivity contribution in [2.75, 3.05) is 23.1 Å². The van der Waals surface area contributed by atoms with Gasteiger partial charge in [0.05, 0.1) is 12.9 Å². The van der Waals surface area contributed by atoms with E-state index in [1.807, 2.05) is 78.9 Å². The Labute approximate surface area is 186 Å². The lowest BCUT2D eigenvalue weighted by atomic mass is 10.1. The van der Waals surface area contributed by atoms with Crippen LogP contribution in [-0.2, 0) is 16.0 Å². The van der Waals surface area contributed by atoms with Crippen LogP contribution in [0.15, 0.2) is 78.9 Å². The highest BCUT2D eigenvalue weighted by Crippen LogP contribution is 2.42. The number of carbonyl (C=O) groups is 2. The highest BCUT2D eigenvalue weighted by atomic mass is 32.2. The molecule has 1 N–H and O–H groups in total. The minimum absolute atomic E-state index is 0.0248. The molecule has 6 heteroatoms. The average Bonchev–Trinajstić information content (AvgIpc) is 3.20. The van der Waals surface area contributed by atoms with Crippen molar-refractivity contribution in [1.82, 2.24) is 0 Å². The lowest BCUT2D eigenvalue weighted by Gasteiger charge is -2.25. The summed E-state index contributed by atoms with van der Waals surface area (Å²) in [5.41, 5.74) is 3.69. The Kier molecular flexibility index (Phi) is 6.57. The first-order valence-electron chi connectivity index (χ1n) is 10.2. The molecule has 0 spiro atoms. The fourth-order valence-electron chi connectivity index (χ4n) is 3.59. The van der Waals surface area contributed by atoms with Crippen LogP contribution in [0.5, 0.6) is 5.75 Å². The molecular formula is C25H24N2O3S. The fourth-order valence-corrected chi connectivity index (χ4v) is 4.76. The van der Waals surface area contributed by atoms with E-state index in [-0.39, 0.29) is 17.2 Å². The van der Waals surface area contributed by atoms with Gasteiger partial charge in [0.15, 0.2) is 0 Å². The summed E-state index contributed by atoms with van der Waals surface area (Å²) in [6.45, 7) is 0. The zero-order chi connectivity index (χ0) is 21.6. The van der Waals surface area contributed by atoms with Crippen LogP contribution in [0.4, 0.5) is 11.4 Å². The Morgan fingerprint density at radius 2 is 1.84 bits per heavy atom. The summed E-state index contributed by atoms with van der Waals surface area (Å²) < 4.78 is 5.22. The Bertz CT molecular complexity index is 1050. The van der Waals surface area contributed by atoms with Crippen LogP contribution in [0.2, 0.25) is 0 Å². The van der Waals surface area contributed by atoms with Gasteiger partial charge in [0.1, 0.15) is 11.1 Å². The molecule has 0 saturated carbocycles. The number of hydrogen-bond donors (Lipinski definition) is 1. The predicted octanol–water partition coefficient (Wildman–Crippen LogP) is 5.05. The maximum Gasteiger partial charge on any atom is 0.238 e. The van der Waals surface area contributed by atoms with E-state index in [2.05, 4.69) is 5.32 Å². The molecule has 0 aromatic heterocycles. The van der Waals surface area contributed by atoms with E-state index in [1.165, 1.54) is 0 Å². The van der Waals surface area contributed by atoms with Crippen molar-refractivity contribution < 1.29 is 14.3 Å². The van der Waals surface area contributed by atoms with Gasteiger partial charge in [-0.05, 0) is 53.9 Å². The van der Waals surface area contributed by atoms with Crippen LogP contribution in [0.3, 0.4) is 0 Å². The second kappa shape index (κ2) is 9.71. The van der Waals surface area contributed by atoms with Crippen molar-refractivity contribution >= 4 is 35.0 Å². The average molecular weight is 433 g/mol. The zero-order valence-electron chi connectivity index (χ0n) is 17.3. The maximum atomic E-state index is 12.6. The normalized spacial score (nSPS) is 15.7. The standard InChI is InChI=1S/C25H24N2O3S/c1-30-22-13-11-21(12-14-22)27-24(29)17-31-25(27)19-8-5-9-20(16-19)26-23(28)15-10-18-6-3-2-4-7-18/h2-9,11-14,16,25H,10,15,17H2,1H3,(H,26,28)/t25-/m0/s1. The van der Waals surface area contributed by atoms with Gasteiger partial charge < -0.3 is 10.1 Å². The number of nitrogens with zero attached hydrogens (tertiary/aromatic N) is 1. The van der Waals surface area contributed by atoms with Gasteiger partial charge in [0.25, 0.3) is 0 Å². The van der Waals surface area contributed by atoms with Gasteiger partial charge in [-0.3, -0.25) is 14.5 Å². The van der Waals surface area contributed by atoms with Gasteiger partial charge >= 0.3 is 0 Å². The molecule has 0 bridgehead atoms. The molecule has 0 unspecified atom stereocenters. The molecule has 1 heterocycles. The third kappa shape index (κ3) is 5.09. The Morgan fingerprint density at radius 1 is 1.06 bits per heavy atom. The van der Waals surface area contributed by atoms with Gasteiger partial charge in [-0.2, -0.15) is 0 Å². The van der Waals surface area contributed by atoms with E-state index in [0.717, 1.165) is 28.3 Å².